The van der Waals surface area contributed by atoms with Crippen molar-refractivity contribution in [2.24, 2.45) is 15.2 Å². The van der Waals surface area contributed by atoms with Crippen LogP contribution in [0.1, 0.15) is 27.2 Å². The minimum absolute atomic E-state index is 0.719. The van der Waals surface area contributed by atoms with Gasteiger partial charge in [-0.25, -0.2) is 0 Å². The van der Waals surface area contributed by atoms with Crippen LogP contribution in [0, 0.1) is 0 Å². The lowest BCUT2D eigenvalue weighted by Gasteiger charge is -1.95. The molecule has 13 heavy (non-hydrogen) atoms. The van der Waals surface area contributed by atoms with Crippen LogP contribution in [0.2, 0.25) is 0 Å². The molecule has 0 bridgehead atoms. The number of hydrogen-bond acceptors (Lipinski definition) is 3. The summed E-state index contributed by atoms with van der Waals surface area (Å²) >= 11 is 0. The first-order valence-electron chi connectivity index (χ1n) is 4.52. The molecule has 0 spiro atoms. The Morgan fingerprint density at radius 1 is 1.46 bits per heavy atom. The Bertz CT molecular complexity index is 295. The summed E-state index contributed by atoms with van der Waals surface area (Å²) in [4.78, 5) is 4.23. The van der Waals surface area contributed by atoms with Gasteiger partial charge in [-0.1, -0.05) is 6.08 Å². The zero-order valence-corrected chi connectivity index (χ0v) is 8.41. The van der Waals surface area contributed by atoms with Gasteiger partial charge in [0.2, 0.25) is 0 Å². The lowest BCUT2D eigenvalue weighted by Crippen LogP contribution is -1.84. The first-order chi connectivity index (χ1) is 6.24. The van der Waals surface area contributed by atoms with Gasteiger partial charge in [-0.3, -0.25) is 4.99 Å². The van der Waals surface area contributed by atoms with Gasteiger partial charge in [-0.15, -0.1) is 0 Å². The van der Waals surface area contributed by atoms with Crippen molar-refractivity contribution >= 4 is 6.21 Å². The van der Waals surface area contributed by atoms with Gasteiger partial charge in [-0.05, 0) is 32.8 Å². The Morgan fingerprint density at radius 3 is 2.92 bits per heavy atom. The standard InChI is InChI=1S/C10H15N3/c1-4-12-13-10-7-11-9(3)6-5-8(10)2/h6-7H,4-5H2,1-3H3/b13-12-. The molecule has 3 heteroatoms. The van der Waals surface area contributed by atoms with Crippen LogP contribution < -0.4 is 0 Å². The fourth-order valence-corrected chi connectivity index (χ4v) is 0.989. The number of azo groups is 1. The largest absolute Gasteiger partial charge is 0.260 e. The lowest BCUT2D eigenvalue weighted by atomic mass is 10.2. The molecule has 0 amide bonds. The van der Waals surface area contributed by atoms with Gasteiger partial charge in [-0.2, -0.15) is 10.2 Å². The average Bonchev–Trinajstić information content (AvgIpc) is 2.28. The van der Waals surface area contributed by atoms with E-state index >= 15 is 0 Å². The summed E-state index contributed by atoms with van der Waals surface area (Å²) in [7, 11) is 0. The summed E-state index contributed by atoms with van der Waals surface area (Å²) in [5.74, 6) is 0. The van der Waals surface area contributed by atoms with Gasteiger partial charge in [0.25, 0.3) is 0 Å². The van der Waals surface area contributed by atoms with Crippen LogP contribution in [0.5, 0.6) is 0 Å². The van der Waals surface area contributed by atoms with Crippen molar-refractivity contribution in [3.8, 4) is 0 Å². The Kier molecular flexibility index (Phi) is 3.55. The molecule has 0 unspecified atom stereocenters. The highest BCUT2D eigenvalue weighted by molar-refractivity contribution is 5.80. The Labute approximate surface area is 79.0 Å². The highest BCUT2D eigenvalue weighted by Crippen LogP contribution is 2.15. The molecular formula is C10H15N3. The van der Waals surface area contributed by atoms with Gasteiger partial charge in [0.05, 0.1) is 12.8 Å². The predicted octanol–water partition coefficient (Wildman–Crippen LogP) is 3.11. The molecule has 1 rings (SSSR count). The van der Waals surface area contributed by atoms with Crippen LogP contribution in [0.3, 0.4) is 0 Å². The number of nitrogens with zero attached hydrogens (tertiary/aromatic N) is 3. The third-order valence-electron chi connectivity index (χ3n) is 1.85. The molecule has 70 valence electrons. The first-order valence-corrected chi connectivity index (χ1v) is 4.52. The summed E-state index contributed by atoms with van der Waals surface area (Å²) in [6, 6.07) is 0. The van der Waals surface area contributed by atoms with Crippen molar-refractivity contribution in [3.63, 3.8) is 0 Å². The van der Waals surface area contributed by atoms with E-state index in [9.17, 15) is 0 Å². The van der Waals surface area contributed by atoms with Crippen LogP contribution in [-0.2, 0) is 0 Å². The van der Waals surface area contributed by atoms with Crippen molar-refractivity contribution < 1.29 is 0 Å². The van der Waals surface area contributed by atoms with Gasteiger partial charge in [0.15, 0.2) is 0 Å². The van der Waals surface area contributed by atoms with Gasteiger partial charge < -0.3 is 0 Å². The van der Waals surface area contributed by atoms with E-state index in [4.69, 9.17) is 0 Å². The smallest absolute Gasteiger partial charge is 0.103 e. The molecule has 0 saturated carbocycles. The SMILES string of the molecule is CC/N=N\C1=C(C)CC=C(C)N=C1. The molecular weight excluding hydrogens is 162 g/mol. The van der Waals surface area contributed by atoms with Crippen LogP contribution in [0.15, 0.2) is 38.3 Å². The Balaban J connectivity index is 2.84. The van der Waals surface area contributed by atoms with E-state index in [1.165, 1.54) is 5.57 Å². The van der Waals surface area contributed by atoms with Crippen molar-refractivity contribution in [1.82, 2.24) is 0 Å². The quantitative estimate of drug-likeness (QED) is 0.581. The van der Waals surface area contributed by atoms with Crippen LogP contribution in [-0.4, -0.2) is 12.8 Å². The zero-order valence-electron chi connectivity index (χ0n) is 8.41. The molecule has 1 heterocycles. The van der Waals surface area contributed by atoms with Gasteiger partial charge >= 0.3 is 0 Å². The number of hydrogen-bond donors (Lipinski definition) is 0. The highest BCUT2D eigenvalue weighted by atomic mass is 15.1. The second-order valence-corrected chi connectivity index (χ2v) is 3.03. The van der Waals surface area contributed by atoms with E-state index in [2.05, 4.69) is 28.2 Å². The van der Waals surface area contributed by atoms with E-state index in [1.807, 2.05) is 13.8 Å². The summed E-state index contributed by atoms with van der Waals surface area (Å²) < 4.78 is 0. The zero-order chi connectivity index (χ0) is 9.68. The van der Waals surface area contributed by atoms with Crippen molar-refractivity contribution in [1.29, 1.82) is 0 Å². The number of aliphatic imine (C=N–C) groups is 1. The number of allylic oxidation sites excluding steroid dienone is 4. The van der Waals surface area contributed by atoms with E-state index in [0.29, 0.717) is 0 Å². The van der Waals surface area contributed by atoms with Gasteiger partial charge in [0.1, 0.15) is 5.70 Å². The molecule has 0 atom stereocenters. The van der Waals surface area contributed by atoms with E-state index in [1.54, 1.807) is 6.21 Å². The maximum Gasteiger partial charge on any atom is 0.103 e. The fraction of sp³-hybridized carbons (Fsp3) is 0.500. The highest BCUT2D eigenvalue weighted by Gasteiger charge is 2.01. The second kappa shape index (κ2) is 4.70. The van der Waals surface area contributed by atoms with Crippen molar-refractivity contribution in [2.75, 3.05) is 6.54 Å². The van der Waals surface area contributed by atoms with E-state index in [-0.39, 0.29) is 0 Å². The third-order valence-corrected chi connectivity index (χ3v) is 1.85. The molecule has 1 aliphatic heterocycles. The summed E-state index contributed by atoms with van der Waals surface area (Å²) in [6.45, 7) is 6.74. The third kappa shape index (κ3) is 2.93. The topological polar surface area (TPSA) is 37.1 Å². The minimum atomic E-state index is 0.719. The molecule has 0 saturated heterocycles. The van der Waals surface area contributed by atoms with Gasteiger partial charge in [0, 0.05) is 5.70 Å². The van der Waals surface area contributed by atoms with Crippen molar-refractivity contribution in [2.45, 2.75) is 27.2 Å². The predicted molar refractivity (Wildman–Crippen MR) is 55.0 cm³/mol. The molecule has 0 aromatic rings. The van der Waals surface area contributed by atoms with Crippen molar-refractivity contribution in [3.05, 3.63) is 23.0 Å². The first kappa shape index (κ1) is 9.84. The molecule has 0 N–H and O–H groups in total. The van der Waals surface area contributed by atoms with E-state index < -0.39 is 0 Å². The fourth-order valence-electron chi connectivity index (χ4n) is 0.989. The minimum Gasteiger partial charge on any atom is -0.260 e. The number of rotatable bonds is 2. The van der Waals surface area contributed by atoms with Crippen LogP contribution >= 0.6 is 0 Å². The maximum absolute atomic E-state index is 4.23. The molecule has 0 aliphatic carbocycles. The second-order valence-electron chi connectivity index (χ2n) is 3.03. The van der Waals surface area contributed by atoms with E-state index in [0.717, 1.165) is 24.4 Å². The average molecular weight is 177 g/mol. The molecule has 0 fully saturated rings. The molecule has 3 nitrogen and oxygen atoms in total. The van der Waals surface area contributed by atoms with Crippen LogP contribution in [0.25, 0.3) is 0 Å². The molecule has 0 aromatic heterocycles. The summed E-state index contributed by atoms with van der Waals surface area (Å²) in [6.07, 6.45) is 4.80. The Morgan fingerprint density at radius 2 is 2.23 bits per heavy atom. The lowest BCUT2D eigenvalue weighted by molar-refractivity contribution is 0.976. The molecule has 0 aromatic carbocycles. The molecule has 1 aliphatic rings. The van der Waals surface area contributed by atoms with Crippen LogP contribution in [0.4, 0.5) is 0 Å². The maximum atomic E-state index is 4.23. The summed E-state index contributed by atoms with van der Waals surface area (Å²) in [5.41, 5.74) is 3.16. The normalized spacial score (nSPS) is 17.9. The summed E-state index contributed by atoms with van der Waals surface area (Å²) in [5, 5.41) is 8.06. The molecule has 0 radical (unpaired) electrons. The monoisotopic (exact) mass is 177 g/mol. The Hall–Kier alpha value is -1.25.